The predicted octanol–water partition coefficient (Wildman–Crippen LogP) is 3.54. The maximum Gasteiger partial charge on any atom is 0.311 e. The average Bonchev–Trinajstić information content (AvgIpc) is 3.26. The van der Waals surface area contributed by atoms with Crippen molar-refractivity contribution in [3.05, 3.63) is 35.9 Å². The second-order valence-electron chi connectivity index (χ2n) is 8.19. The van der Waals surface area contributed by atoms with Gasteiger partial charge < -0.3 is 9.47 Å². The van der Waals surface area contributed by atoms with Crippen LogP contribution in [0.1, 0.15) is 51.0 Å². The van der Waals surface area contributed by atoms with E-state index in [1.54, 1.807) is 0 Å². The minimum absolute atomic E-state index is 0.0338. The van der Waals surface area contributed by atoms with Crippen molar-refractivity contribution in [1.29, 1.82) is 0 Å². The van der Waals surface area contributed by atoms with Gasteiger partial charge in [-0.3, -0.25) is 9.69 Å². The molecule has 3 heterocycles. The molecule has 0 amide bonds. The van der Waals surface area contributed by atoms with Gasteiger partial charge in [-0.25, -0.2) is 0 Å². The third-order valence-corrected chi connectivity index (χ3v) is 6.31. The summed E-state index contributed by atoms with van der Waals surface area (Å²) in [5.74, 6) is -0.0767. The van der Waals surface area contributed by atoms with Crippen molar-refractivity contribution < 1.29 is 14.3 Å². The number of carbonyl (C=O) groups excluding carboxylic acids is 1. The van der Waals surface area contributed by atoms with Gasteiger partial charge in [-0.1, -0.05) is 36.8 Å². The Balaban J connectivity index is 1.37. The van der Waals surface area contributed by atoms with E-state index in [-0.39, 0.29) is 23.5 Å². The van der Waals surface area contributed by atoms with Crippen LogP contribution in [0, 0.1) is 5.92 Å². The van der Waals surface area contributed by atoms with Crippen molar-refractivity contribution in [3.63, 3.8) is 0 Å². The lowest BCUT2D eigenvalue weighted by atomic mass is 9.87. The molecule has 0 aliphatic carbocycles. The van der Waals surface area contributed by atoms with E-state index in [4.69, 9.17) is 9.47 Å². The van der Waals surface area contributed by atoms with Gasteiger partial charge in [-0.05, 0) is 51.1 Å². The van der Waals surface area contributed by atoms with E-state index in [2.05, 4.69) is 42.2 Å². The van der Waals surface area contributed by atoms with Crippen LogP contribution in [-0.2, 0) is 20.8 Å². The highest BCUT2D eigenvalue weighted by atomic mass is 16.5. The number of hydrogen-bond donors (Lipinski definition) is 0. The van der Waals surface area contributed by atoms with E-state index in [1.165, 1.54) is 18.4 Å². The number of ether oxygens (including phenoxy) is 2. The summed E-state index contributed by atoms with van der Waals surface area (Å²) < 4.78 is 11.6. The molecule has 3 fully saturated rings. The van der Waals surface area contributed by atoms with Crippen LogP contribution in [0.25, 0.3) is 0 Å². The van der Waals surface area contributed by atoms with Crippen molar-refractivity contribution in [1.82, 2.24) is 4.90 Å². The summed E-state index contributed by atoms with van der Waals surface area (Å²) in [4.78, 5) is 15.1. The Labute approximate surface area is 150 Å². The molecule has 25 heavy (non-hydrogen) atoms. The molecule has 0 radical (unpaired) electrons. The third kappa shape index (κ3) is 3.61. The maximum absolute atomic E-state index is 12.6. The summed E-state index contributed by atoms with van der Waals surface area (Å²) in [5, 5.41) is 0. The van der Waals surface area contributed by atoms with Gasteiger partial charge in [0.15, 0.2) is 0 Å². The molecule has 4 heteroatoms. The fourth-order valence-corrected chi connectivity index (χ4v) is 4.69. The predicted molar refractivity (Wildman–Crippen MR) is 96.1 cm³/mol. The molecule has 0 saturated carbocycles. The molecule has 3 aliphatic rings. The summed E-state index contributed by atoms with van der Waals surface area (Å²) >= 11 is 0. The highest BCUT2D eigenvalue weighted by Crippen LogP contribution is 2.39. The number of likely N-dealkylation sites (tertiary alicyclic amines) is 1. The Hall–Kier alpha value is -1.39. The first-order valence-electron chi connectivity index (χ1n) is 9.75. The third-order valence-electron chi connectivity index (χ3n) is 6.31. The Morgan fingerprint density at radius 3 is 2.84 bits per heavy atom. The summed E-state index contributed by atoms with van der Waals surface area (Å²) in [5.41, 5.74) is 1.26. The van der Waals surface area contributed by atoms with Gasteiger partial charge in [-0.2, -0.15) is 0 Å². The zero-order chi connectivity index (χ0) is 17.3. The van der Waals surface area contributed by atoms with Crippen molar-refractivity contribution in [3.8, 4) is 0 Å². The van der Waals surface area contributed by atoms with Crippen LogP contribution in [0.4, 0.5) is 0 Å². The first-order chi connectivity index (χ1) is 12.1. The molecule has 1 aromatic carbocycles. The second kappa shape index (κ2) is 7.08. The van der Waals surface area contributed by atoms with Crippen LogP contribution in [0.15, 0.2) is 30.3 Å². The molecular formula is C21H29NO3. The highest BCUT2D eigenvalue weighted by Gasteiger charge is 2.46. The lowest BCUT2D eigenvalue weighted by Crippen LogP contribution is -2.52. The van der Waals surface area contributed by atoms with Crippen LogP contribution in [-0.4, -0.2) is 41.8 Å². The Bertz CT molecular complexity index is 604. The molecule has 4 nitrogen and oxygen atoms in total. The molecule has 0 aromatic heterocycles. The normalized spacial score (nSPS) is 35.0. The minimum Gasteiger partial charge on any atom is -0.463 e. The van der Waals surface area contributed by atoms with Crippen LogP contribution in [0.2, 0.25) is 0 Å². The second-order valence-corrected chi connectivity index (χ2v) is 8.19. The quantitative estimate of drug-likeness (QED) is 0.767. The monoisotopic (exact) mass is 343 g/mol. The van der Waals surface area contributed by atoms with E-state index in [0.29, 0.717) is 12.7 Å². The van der Waals surface area contributed by atoms with Gasteiger partial charge in [0.1, 0.15) is 6.61 Å². The molecule has 136 valence electrons. The number of esters is 1. The molecule has 0 unspecified atom stereocenters. The van der Waals surface area contributed by atoms with Gasteiger partial charge in [0.2, 0.25) is 0 Å². The SMILES string of the molecule is C[C@@]1(COC(=O)[C@@H]2C[C@H]3CC[C@H]2O3)CCCCN1Cc1ccccc1. The first kappa shape index (κ1) is 17.0. The molecule has 2 bridgehead atoms. The number of carbonyl (C=O) groups is 1. The standard InChI is InChI=1S/C21H29NO3/c1-21(15-24-20(23)18-13-17-9-10-19(18)25-17)11-5-6-12-22(21)14-16-7-3-2-4-8-16/h2-4,7-8,17-19H,5-6,9-15H2,1H3/t17-,18-,19-,21+/m1/s1. The number of piperidine rings is 1. The summed E-state index contributed by atoms with van der Waals surface area (Å²) in [6.07, 6.45) is 6.89. The molecule has 4 rings (SSSR count). The van der Waals surface area contributed by atoms with Crippen LogP contribution < -0.4 is 0 Å². The molecule has 3 saturated heterocycles. The fourth-order valence-electron chi connectivity index (χ4n) is 4.69. The molecule has 3 aliphatic heterocycles. The van der Waals surface area contributed by atoms with E-state index >= 15 is 0 Å². The summed E-state index contributed by atoms with van der Waals surface area (Å²) in [7, 11) is 0. The Morgan fingerprint density at radius 1 is 1.28 bits per heavy atom. The van der Waals surface area contributed by atoms with Crippen molar-refractivity contribution in [2.45, 2.75) is 69.7 Å². The molecule has 0 N–H and O–H groups in total. The average molecular weight is 343 g/mol. The van der Waals surface area contributed by atoms with Gasteiger partial charge in [0.05, 0.1) is 23.7 Å². The number of rotatable bonds is 5. The molecule has 1 aromatic rings. The van der Waals surface area contributed by atoms with Crippen LogP contribution in [0.3, 0.4) is 0 Å². The smallest absolute Gasteiger partial charge is 0.311 e. The van der Waals surface area contributed by atoms with E-state index in [9.17, 15) is 4.79 Å². The van der Waals surface area contributed by atoms with Gasteiger partial charge in [0, 0.05) is 6.54 Å². The molecular weight excluding hydrogens is 314 g/mol. The summed E-state index contributed by atoms with van der Waals surface area (Å²) in [6, 6.07) is 10.6. The number of nitrogens with zero attached hydrogens (tertiary/aromatic N) is 1. The van der Waals surface area contributed by atoms with Gasteiger partial charge in [0.25, 0.3) is 0 Å². The van der Waals surface area contributed by atoms with Crippen molar-refractivity contribution in [2.24, 2.45) is 5.92 Å². The topological polar surface area (TPSA) is 38.8 Å². The maximum atomic E-state index is 12.6. The van der Waals surface area contributed by atoms with Gasteiger partial charge in [-0.15, -0.1) is 0 Å². The minimum atomic E-state index is -0.0672. The molecule has 4 atom stereocenters. The first-order valence-corrected chi connectivity index (χ1v) is 9.75. The highest BCUT2D eigenvalue weighted by molar-refractivity contribution is 5.73. The lowest BCUT2D eigenvalue weighted by Gasteiger charge is -2.44. The van der Waals surface area contributed by atoms with Crippen LogP contribution in [0.5, 0.6) is 0 Å². The largest absolute Gasteiger partial charge is 0.463 e. The Morgan fingerprint density at radius 2 is 2.12 bits per heavy atom. The summed E-state index contributed by atoms with van der Waals surface area (Å²) in [6.45, 7) is 4.73. The number of fused-ring (bicyclic) bond motifs is 2. The van der Waals surface area contributed by atoms with Crippen LogP contribution >= 0.6 is 0 Å². The van der Waals surface area contributed by atoms with Crippen molar-refractivity contribution in [2.75, 3.05) is 13.2 Å². The van der Waals surface area contributed by atoms with Crippen molar-refractivity contribution >= 4 is 5.97 Å². The molecule has 0 spiro atoms. The van der Waals surface area contributed by atoms with E-state index in [0.717, 1.165) is 38.8 Å². The van der Waals surface area contributed by atoms with E-state index in [1.807, 2.05) is 0 Å². The number of hydrogen-bond acceptors (Lipinski definition) is 4. The fraction of sp³-hybridized carbons (Fsp3) is 0.667. The number of benzene rings is 1. The zero-order valence-electron chi connectivity index (χ0n) is 15.2. The Kier molecular flexibility index (Phi) is 4.83. The van der Waals surface area contributed by atoms with Gasteiger partial charge >= 0.3 is 5.97 Å². The zero-order valence-corrected chi connectivity index (χ0v) is 15.2. The lowest BCUT2D eigenvalue weighted by molar-refractivity contribution is -0.155. The van der Waals surface area contributed by atoms with E-state index < -0.39 is 0 Å².